The summed E-state index contributed by atoms with van der Waals surface area (Å²) in [6, 6.07) is -0.837. The topological polar surface area (TPSA) is 89.8 Å². The predicted molar refractivity (Wildman–Crippen MR) is 259 cm³/mol. The molecule has 0 aromatic carbocycles. The Morgan fingerprint density at radius 2 is 0.746 bits per heavy atom. The Bertz CT molecular complexity index is 958. The summed E-state index contributed by atoms with van der Waals surface area (Å²) in [7, 11) is 0. The van der Waals surface area contributed by atoms with Gasteiger partial charge in [-0.3, -0.25) is 4.79 Å². The van der Waals surface area contributed by atoms with Crippen molar-refractivity contribution in [3.8, 4) is 0 Å². The third-order valence-electron chi connectivity index (χ3n) is 11.9. The third-order valence-corrected chi connectivity index (χ3v) is 11.9. The largest absolute Gasteiger partial charge is 0.394 e. The van der Waals surface area contributed by atoms with E-state index in [0.29, 0.717) is 12.8 Å². The van der Waals surface area contributed by atoms with E-state index in [0.717, 1.165) is 51.4 Å². The lowest BCUT2D eigenvalue weighted by atomic mass is 10.0. The van der Waals surface area contributed by atoms with Crippen molar-refractivity contribution < 1.29 is 20.1 Å². The van der Waals surface area contributed by atoms with Gasteiger partial charge < -0.3 is 20.6 Å². The quantitative estimate of drug-likeness (QED) is 0.0363. The van der Waals surface area contributed by atoms with Gasteiger partial charge in [0.1, 0.15) is 6.10 Å². The zero-order valence-electron chi connectivity index (χ0n) is 39.4. The zero-order chi connectivity index (χ0) is 43.0. The number of amides is 1. The van der Waals surface area contributed by atoms with Gasteiger partial charge >= 0.3 is 0 Å². The van der Waals surface area contributed by atoms with Gasteiger partial charge in [-0.05, 0) is 83.5 Å². The Kier molecular flexibility index (Phi) is 47.6. The molecule has 0 saturated carbocycles. The van der Waals surface area contributed by atoms with Crippen LogP contribution in [0.3, 0.4) is 0 Å². The molecule has 0 spiro atoms. The van der Waals surface area contributed by atoms with Crippen LogP contribution in [0.1, 0.15) is 264 Å². The Morgan fingerprint density at radius 1 is 0.424 bits per heavy atom. The van der Waals surface area contributed by atoms with Crippen molar-refractivity contribution in [3.05, 3.63) is 48.6 Å². The summed E-state index contributed by atoms with van der Waals surface area (Å²) in [4.78, 5) is 12.5. The molecule has 0 rings (SSSR count). The van der Waals surface area contributed by atoms with Gasteiger partial charge in [-0.1, -0.05) is 223 Å². The van der Waals surface area contributed by atoms with Crippen molar-refractivity contribution in [2.75, 3.05) is 6.61 Å². The van der Waals surface area contributed by atoms with Gasteiger partial charge in [0.25, 0.3) is 0 Å². The molecular formula is C54H101NO4. The zero-order valence-corrected chi connectivity index (χ0v) is 39.4. The number of carbonyl (C=O) groups excluding carboxylic acids is 1. The van der Waals surface area contributed by atoms with E-state index in [9.17, 15) is 20.1 Å². The summed E-state index contributed by atoms with van der Waals surface area (Å²) in [6.45, 7) is 4.18. The first-order valence-corrected chi connectivity index (χ1v) is 25.9. The number of unbranched alkanes of at least 4 members (excludes halogenated alkanes) is 31. The minimum Gasteiger partial charge on any atom is -0.394 e. The van der Waals surface area contributed by atoms with Gasteiger partial charge in [-0.2, -0.15) is 0 Å². The number of aliphatic hydroxyl groups is 3. The number of hydrogen-bond donors (Lipinski definition) is 4. The first-order chi connectivity index (χ1) is 29.1. The van der Waals surface area contributed by atoms with Crippen LogP contribution in [-0.4, -0.2) is 46.1 Å². The van der Waals surface area contributed by atoms with E-state index < -0.39 is 18.2 Å². The summed E-state index contributed by atoms with van der Waals surface area (Å²) < 4.78 is 0. The number of rotatable bonds is 47. The van der Waals surface area contributed by atoms with Gasteiger partial charge in [0.2, 0.25) is 5.91 Å². The normalized spacial score (nSPS) is 13.8. The van der Waals surface area contributed by atoms with E-state index in [4.69, 9.17) is 0 Å². The monoisotopic (exact) mass is 828 g/mol. The van der Waals surface area contributed by atoms with Crippen LogP contribution in [0, 0.1) is 0 Å². The Balaban J connectivity index is 3.65. The maximum Gasteiger partial charge on any atom is 0.220 e. The molecule has 0 aliphatic heterocycles. The van der Waals surface area contributed by atoms with Crippen molar-refractivity contribution in [2.45, 2.75) is 283 Å². The van der Waals surface area contributed by atoms with E-state index in [2.05, 4.69) is 67.8 Å². The van der Waals surface area contributed by atoms with E-state index in [-0.39, 0.29) is 12.5 Å². The van der Waals surface area contributed by atoms with E-state index >= 15 is 0 Å². The number of hydrogen-bond acceptors (Lipinski definition) is 4. The van der Waals surface area contributed by atoms with Crippen molar-refractivity contribution >= 4 is 5.91 Å². The van der Waals surface area contributed by atoms with Gasteiger partial charge in [0.15, 0.2) is 0 Å². The van der Waals surface area contributed by atoms with E-state index in [1.165, 1.54) is 186 Å². The maximum atomic E-state index is 12.5. The predicted octanol–water partition coefficient (Wildman–Crippen LogP) is 15.7. The lowest BCUT2D eigenvalue weighted by molar-refractivity contribution is -0.124. The average Bonchev–Trinajstić information content (AvgIpc) is 3.24. The lowest BCUT2D eigenvalue weighted by Gasteiger charge is -2.26. The van der Waals surface area contributed by atoms with Gasteiger partial charge in [0, 0.05) is 6.42 Å². The van der Waals surface area contributed by atoms with Crippen LogP contribution in [0.15, 0.2) is 48.6 Å². The molecule has 0 bridgehead atoms. The highest BCUT2D eigenvalue weighted by Crippen LogP contribution is 2.15. The van der Waals surface area contributed by atoms with Crippen LogP contribution in [0.2, 0.25) is 0 Å². The molecule has 0 heterocycles. The van der Waals surface area contributed by atoms with Crippen molar-refractivity contribution in [2.24, 2.45) is 0 Å². The molecule has 3 unspecified atom stereocenters. The van der Waals surface area contributed by atoms with Crippen LogP contribution >= 0.6 is 0 Å². The van der Waals surface area contributed by atoms with Crippen LogP contribution in [0.5, 0.6) is 0 Å². The first-order valence-electron chi connectivity index (χ1n) is 25.9. The smallest absolute Gasteiger partial charge is 0.220 e. The maximum absolute atomic E-state index is 12.5. The highest BCUT2D eigenvalue weighted by Gasteiger charge is 2.26. The summed E-state index contributed by atoms with van der Waals surface area (Å²) >= 11 is 0. The van der Waals surface area contributed by atoms with E-state index in [1.54, 1.807) is 0 Å². The fourth-order valence-electron chi connectivity index (χ4n) is 7.86. The summed E-state index contributed by atoms with van der Waals surface area (Å²) in [5.74, 6) is -0.162. The molecule has 5 heteroatoms. The Labute approximate surface area is 367 Å². The molecule has 0 aliphatic carbocycles. The van der Waals surface area contributed by atoms with Crippen molar-refractivity contribution in [1.29, 1.82) is 0 Å². The molecule has 0 aromatic rings. The Morgan fingerprint density at radius 3 is 1.14 bits per heavy atom. The van der Waals surface area contributed by atoms with E-state index in [1.807, 2.05) is 0 Å². The average molecular weight is 828 g/mol. The fourth-order valence-corrected chi connectivity index (χ4v) is 7.86. The third kappa shape index (κ3) is 44.2. The summed E-state index contributed by atoms with van der Waals surface area (Å²) in [5, 5.41) is 33.6. The molecule has 0 saturated heterocycles. The number of allylic oxidation sites excluding steroid dienone is 8. The molecule has 59 heavy (non-hydrogen) atoms. The number of aliphatic hydroxyl groups excluding tert-OH is 3. The van der Waals surface area contributed by atoms with Crippen molar-refractivity contribution in [1.82, 2.24) is 5.32 Å². The molecule has 346 valence electrons. The van der Waals surface area contributed by atoms with Crippen LogP contribution in [-0.2, 0) is 4.79 Å². The minimum absolute atomic E-state index is 0.162. The molecule has 0 fully saturated rings. The molecular weight excluding hydrogens is 727 g/mol. The van der Waals surface area contributed by atoms with Crippen LogP contribution < -0.4 is 5.32 Å². The lowest BCUT2D eigenvalue weighted by Crippen LogP contribution is -2.50. The minimum atomic E-state index is -1.17. The highest BCUT2D eigenvalue weighted by molar-refractivity contribution is 5.76. The molecule has 0 aliphatic rings. The summed E-state index contributed by atoms with van der Waals surface area (Å²) in [5.41, 5.74) is 0. The molecule has 0 aromatic heterocycles. The second kappa shape index (κ2) is 49.0. The first kappa shape index (κ1) is 57.3. The fraction of sp³-hybridized carbons (Fsp3) is 0.833. The van der Waals surface area contributed by atoms with Gasteiger partial charge in [-0.25, -0.2) is 0 Å². The molecule has 5 nitrogen and oxygen atoms in total. The standard InChI is InChI=1S/C54H101NO4/c1-3-5-7-9-11-13-15-17-19-21-23-25-26-27-28-29-31-33-35-37-39-41-43-45-47-49-53(58)55-51(50-56)54(59)52(57)48-46-44-42-40-38-36-34-32-30-24-22-20-18-16-14-12-10-8-6-4-2/h23,25,27-28,32,34,40,42,51-52,54,56-57,59H,3-22,24,26,29-31,33,35-39,41,43-50H2,1-2H3,(H,55,58)/b25-23-,28-27-,34-32+,42-40+. The number of carbonyl (C=O) groups is 1. The molecule has 3 atom stereocenters. The van der Waals surface area contributed by atoms with Gasteiger partial charge in [-0.15, -0.1) is 0 Å². The second-order valence-electron chi connectivity index (χ2n) is 17.7. The Hall–Kier alpha value is -1.69. The molecule has 1 amide bonds. The number of nitrogens with one attached hydrogen (secondary N) is 1. The molecule has 4 N–H and O–H groups in total. The molecule has 0 radical (unpaired) electrons. The van der Waals surface area contributed by atoms with Gasteiger partial charge in [0.05, 0.1) is 18.8 Å². The summed E-state index contributed by atoms with van der Waals surface area (Å²) in [6.07, 6.45) is 63.9. The van der Waals surface area contributed by atoms with Crippen LogP contribution in [0.4, 0.5) is 0 Å². The van der Waals surface area contributed by atoms with Crippen molar-refractivity contribution in [3.63, 3.8) is 0 Å². The SMILES string of the molecule is CCCCCCCCCCC/C=C\C/C=C\CCCCCCCCCCCC(=O)NC(CO)C(O)C(O)CCC/C=C/CC/C=C/CCCCCCCCCCCCC. The van der Waals surface area contributed by atoms with Crippen LogP contribution in [0.25, 0.3) is 0 Å². The second-order valence-corrected chi connectivity index (χ2v) is 17.7. The highest BCUT2D eigenvalue weighted by atomic mass is 16.3.